The molecule has 1 N–H and O–H groups in total. The van der Waals surface area contributed by atoms with Crippen LogP contribution in [0.25, 0.3) is 0 Å². The lowest BCUT2D eigenvalue weighted by Gasteiger charge is -2.29. The number of benzene rings is 2. The van der Waals surface area contributed by atoms with Crippen LogP contribution < -0.4 is 14.8 Å². The van der Waals surface area contributed by atoms with Crippen molar-refractivity contribution in [3.05, 3.63) is 57.1 Å². The number of hydrogen-bond acceptors (Lipinski definition) is 3. The van der Waals surface area contributed by atoms with E-state index in [9.17, 15) is 0 Å². The van der Waals surface area contributed by atoms with Gasteiger partial charge in [0.25, 0.3) is 0 Å². The molecule has 0 spiro atoms. The zero-order valence-corrected chi connectivity index (χ0v) is 14.7. The Balaban J connectivity index is 2.07. The summed E-state index contributed by atoms with van der Waals surface area (Å²) >= 11 is 12.5. The Bertz CT molecular complexity index is 718. The Morgan fingerprint density at radius 1 is 1.17 bits per heavy atom. The molecule has 3 nitrogen and oxygen atoms in total. The van der Waals surface area contributed by atoms with Crippen LogP contribution in [0.1, 0.15) is 29.7 Å². The normalized spacial score (nSPS) is 16.8. The van der Waals surface area contributed by atoms with Gasteiger partial charge in [0.2, 0.25) is 0 Å². The van der Waals surface area contributed by atoms with Gasteiger partial charge in [-0.25, -0.2) is 0 Å². The molecule has 2 aromatic carbocycles. The number of nitrogens with one attached hydrogen (secondary N) is 1. The summed E-state index contributed by atoms with van der Waals surface area (Å²) in [5.41, 5.74) is 3.43. The molecule has 1 atom stereocenters. The third kappa shape index (κ3) is 3.27. The molecule has 0 amide bonds. The van der Waals surface area contributed by atoms with Crippen LogP contribution in [-0.4, -0.2) is 20.3 Å². The second-order valence-corrected chi connectivity index (χ2v) is 6.28. The fourth-order valence-electron chi connectivity index (χ4n) is 3.09. The summed E-state index contributed by atoms with van der Waals surface area (Å²) in [5.74, 6) is 1.57. The molecule has 2 aromatic rings. The van der Waals surface area contributed by atoms with Crippen molar-refractivity contribution in [2.24, 2.45) is 0 Å². The molecule has 0 aliphatic carbocycles. The van der Waals surface area contributed by atoms with Crippen molar-refractivity contribution in [3.8, 4) is 11.5 Å². The van der Waals surface area contributed by atoms with Crippen molar-refractivity contribution in [1.82, 2.24) is 5.32 Å². The topological polar surface area (TPSA) is 30.5 Å². The van der Waals surface area contributed by atoms with Gasteiger partial charge in [0, 0.05) is 17.1 Å². The summed E-state index contributed by atoms with van der Waals surface area (Å²) < 4.78 is 11.1. The van der Waals surface area contributed by atoms with E-state index in [0.29, 0.717) is 22.4 Å². The van der Waals surface area contributed by atoms with E-state index in [1.54, 1.807) is 13.2 Å². The molecule has 0 aromatic heterocycles. The summed E-state index contributed by atoms with van der Waals surface area (Å²) in [6.07, 6.45) is 0.962. The van der Waals surface area contributed by atoms with Crippen LogP contribution in [0.15, 0.2) is 30.3 Å². The van der Waals surface area contributed by atoms with E-state index >= 15 is 0 Å². The fraction of sp³-hybridized carbons (Fsp3) is 0.333. The second kappa shape index (κ2) is 7.00. The Kier molecular flexibility index (Phi) is 5.00. The maximum atomic E-state index is 6.29. The first-order valence-electron chi connectivity index (χ1n) is 7.66. The number of fused-ring (bicyclic) bond motifs is 1. The van der Waals surface area contributed by atoms with Crippen LogP contribution in [0.2, 0.25) is 10.0 Å². The maximum Gasteiger partial charge on any atom is 0.142 e. The Morgan fingerprint density at radius 3 is 2.74 bits per heavy atom. The van der Waals surface area contributed by atoms with Crippen LogP contribution >= 0.6 is 23.2 Å². The van der Waals surface area contributed by atoms with Crippen molar-refractivity contribution >= 4 is 23.2 Å². The van der Waals surface area contributed by atoms with Crippen molar-refractivity contribution in [2.75, 3.05) is 20.3 Å². The minimum atomic E-state index is 0.000534. The highest BCUT2D eigenvalue weighted by Crippen LogP contribution is 2.40. The first kappa shape index (κ1) is 16.4. The lowest BCUT2D eigenvalue weighted by atomic mass is 9.89. The highest BCUT2D eigenvalue weighted by atomic mass is 35.5. The first-order chi connectivity index (χ1) is 11.1. The SMILES string of the molecule is CCOc1ccc2c(c1)CCNC2c1cc(Cl)cc(Cl)c1OC. The number of ether oxygens (including phenoxy) is 2. The minimum absolute atomic E-state index is 0.000534. The zero-order chi connectivity index (χ0) is 16.4. The van der Waals surface area contributed by atoms with Gasteiger partial charge in [-0.1, -0.05) is 29.3 Å². The van der Waals surface area contributed by atoms with E-state index in [0.717, 1.165) is 24.3 Å². The molecule has 1 aliphatic rings. The quantitative estimate of drug-likeness (QED) is 0.870. The summed E-state index contributed by atoms with van der Waals surface area (Å²) in [6, 6.07) is 9.83. The summed E-state index contributed by atoms with van der Waals surface area (Å²) in [5, 5.41) is 4.66. The summed E-state index contributed by atoms with van der Waals surface area (Å²) in [4.78, 5) is 0. The van der Waals surface area contributed by atoms with Crippen LogP contribution in [0.4, 0.5) is 0 Å². The number of methoxy groups -OCH3 is 1. The van der Waals surface area contributed by atoms with Gasteiger partial charge in [-0.05, 0) is 48.7 Å². The van der Waals surface area contributed by atoms with Gasteiger partial charge in [-0.15, -0.1) is 0 Å². The highest BCUT2D eigenvalue weighted by Gasteiger charge is 2.26. The fourth-order valence-corrected chi connectivity index (χ4v) is 3.67. The highest BCUT2D eigenvalue weighted by molar-refractivity contribution is 6.35. The molecule has 1 unspecified atom stereocenters. The summed E-state index contributed by atoms with van der Waals surface area (Å²) in [6.45, 7) is 3.53. The molecule has 0 fully saturated rings. The third-order valence-corrected chi connectivity index (χ3v) is 4.53. The standard InChI is InChI=1S/C18H19Cl2NO2/c1-3-23-13-4-5-14-11(8-13)6-7-21-17(14)15-9-12(19)10-16(20)18(15)22-2/h4-5,8-10,17,21H,3,6-7H2,1-2H3. The van der Waals surface area contributed by atoms with E-state index in [2.05, 4.69) is 17.4 Å². The molecular weight excluding hydrogens is 333 g/mol. The lowest BCUT2D eigenvalue weighted by molar-refractivity contribution is 0.339. The smallest absolute Gasteiger partial charge is 0.142 e. The van der Waals surface area contributed by atoms with Crippen molar-refractivity contribution in [2.45, 2.75) is 19.4 Å². The minimum Gasteiger partial charge on any atom is -0.495 e. The first-order valence-corrected chi connectivity index (χ1v) is 8.41. The molecule has 1 heterocycles. The molecule has 0 radical (unpaired) electrons. The molecular formula is C18H19Cl2NO2. The van der Waals surface area contributed by atoms with Crippen LogP contribution in [-0.2, 0) is 6.42 Å². The van der Waals surface area contributed by atoms with Gasteiger partial charge in [0.15, 0.2) is 0 Å². The molecule has 23 heavy (non-hydrogen) atoms. The van der Waals surface area contributed by atoms with Crippen molar-refractivity contribution < 1.29 is 9.47 Å². The zero-order valence-electron chi connectivity index (χ0n) is 13.2. The molecule has 1 aliphatic heterocycles. The van der Waals surface area contributed by atoms with E-state index in [1.807, 2.05) is 19.1 Å². The Morgan fingerprint density at radius 2 is 2.00 bits per heavy atom. The van der Waals surface area contributed by atoms with E-state index in [4.69, 9.17) is 32.7 Å². The Labute approximate surface area is 146 Å². The van der Waals surface area contributed by atoms with E-state index < -0.39 is 0 Å². The molecule has 0 saturated heterocycles. The van der Waals surface area contributed by atoms with Crippen molar-refractivity contribution in [3.63, 3.8) is 0 Å². The van der Waals surface area contributed by atoms with Gasteiger partial charge in [0.05, 0.1) is 24.8 Å². The van der Waals surface area contributed by atoms with Gasteiger partial charge >= 0.3 is 0 Å². The number of hydrogen-bond donors (Lipinski definition) is 1. The van der Waals surface area contributed by atoms with Crippen LogP contribution in [0.5, 0.6) is 11.5 Å². The largest absolute Gasteiger partial charge is 0.495 e. The lowest BCUT2D eigenvalue weighted by Crippen LogP contribution is -2.31. The molecule has 0 saturated carbocycles. The number of rotatable bonds is 4. The molecule has 3 rings (SSSR count). The van der Waals surface area contributed by atoms with Crippen molar-refractivity contribution in [1.29, 1.82) is 0 Å². The maximum absolute atomic E-state index is 6.29. The van der Waals surface area contributed by atoms with E-state index in [-0.39, 0.29) is 6.04 Å². The van der Waals surface area contributed by atoms with Crippen LogP contribution in [0, 0.1) is 0 Å². The monoisotopic (exact) mass is 351 g/mol. The average Bonchev–Trinajstić information content (AvgIpc) is 2.54. The number of halogens is 2. The van der Waals surface area contributed by atoms with Crippen LogP contribution in [0.3, 0.4) is 0 Å². The predicted molar refractivity (Wildman–Crippen MR) is 94.2 cm³/mol. The van der Waals surface area contributed by atoms with Gasteiger partial charge < -0.3 is 14.8 Å². The van der Waals surface area contributed by atoms with Gasteiger partial charge in [-0.3, -0.25) is 0 Å². The van der Waals surface area contributed by atoms with Gasteiger partial charge in [0.1, 0.15) is 11.5 Å². The second-order valence-electron chi connectivity index (χ2n) is 5.44. The molecule has 0 bridgehead atoms. The molecule has 5 heteroatoms. The van der Waals surface area contributed by atoms with Gasteiger partial charge in [-0.2, -0.15) is 0 Å². The predicted octanol–water partition coefficient (Wildman–Crippen LogP) is 4.64. The Hall–Kier alpha value is -1.42. The average molecular weight is 352 g/mol. The summed E-state index contributed by atoms with van der Waals surface area (Å²) in [7, 11) is 1.63. The van der Waals surface area contributed by atoms with E-state index in [1.165, 1.54) is 11.1 Å². The third-order valence-electron chi connectivity index (χ3n) is 4.03. The molecule has 122 valence electrons.